The fourth-order valence-electron chi connectivity index (χ4n) is 3.37. The van der Waals surface area contributed by atoms with E-state index in [0.717, 1.165) is 5.56 Å². The van der Waals surface area contributed by atoms with E-state index in [1.165, 1.54) is 6.07 Å². The van der Waals surface area contributed by atoms with E-state index >= 15 is 0 Å². The van der Waals surface area contributed by atoms with Crippen molar-refractivity contribution in [3.63, 3.8) is 0 Å². The maximum absolute atomic E-state index is 12.7. The number of aromatic hydroxyl groups is 1. The number of ether oxygens (including phenoxy) is 1. The molecule has 0 radical (unpaired) electrons. The summed E-state index contributed by atoms with van der Waals surface area (Å²) in [5.41, 5.74) is 1.15. The lowest BCUT2D eigenvalue weighted by atomic mass is 9.95. The van der Waals surface area contributed by atoms with E-state index in [-0.39, 0.29) is 29.9 Å². The standard InChI is InChI=1S/C21H23ClN2O4/c1-28-19-7-6-16(22)12-15(19)13-20(26)24-10-8-14(9-11-24)21(27)23-17-4-2-3-5-18(17)25/h2-7,12,14,25H,8-11,13H2,1H3,(H,23,27). The van der Waals surface area contributed by atoms with Crippen LogP contribution in [0, 0.1) is 5.92 Å². The molecular formula is C21H23ClN2O4. The molecule has 2 aromatic carbocycles. The van der Waals surface area contributed by atoms with Gasteiger partial charge >= 0.3 is 0 Å². The van der Waals surface area contributed by atoms with Crippen LogP contribution in [0.3, 0.4) is 0 Å². The Labute approximate surface area is 169 Å². The normalized spacial score (nSPS) is 14.6. The number of hydrogen-bond donors (Lipinski definition) is 2. The Kier molecular flexibility index (Phi) is 6.41. The second-order valence-corrected chi connectivity index (χ2v) is 7.23. The summed E-state index contributed by atoms with van der Waals surface area (Å²) in [6.07, 6.45) is 1.37. The average Bonchev–Trinajstić information content (AvgIpc) is 2.70. The molecule has 0 spiro atoms. The van der Waals surface area contributed by atoms with Crippen molar-refractivity contribution in [1.82, 2.24) is 4.90 Å². The van der Waals surface area contributed by atoms with Crippen LogP contribution in [0.4, 0.5) is 5.69 Å². The average molecular weight is 403 g/mol. The van der Waals surface area contributed by atoms with Gasteiger partial charge in [0.25, 0.3) is 0 Å². The molecule has 0 bridgehead atoms. The predicted molar refractivity (Wildman–Crippen MR) is 108 cm³/mol. The molecule has 1 aliphatic rings. The Morgan fingerprint density at radius 3 is 2.61 bits per heavy atom. The third-order valence-corrected chi connectivity index (χ3v) is 5.20. The number of halogens is 1. The Hall–Kier alpha value is -2.73. The highest BCUT2D eigenvalue weighted by molar-refractivity contribution is 6.30. The lowest BCUT2D eigenvalue weighted by Gasteiger charge is -2.31. The second-order valence-electron chi connectivity index (χ2n) is 6.79. The summed E-state index contributed by atoms with van der Waals surface area (Å²) in [6.45, 7) is 1.03. The zero-order valence-corrected chi connectivity index (χ0v) is 16.4. The SMILES string of the molecule is COc1ccc(Cl)cc1CC(=O)N1CCC(C(=O)Nc2ccccc2O)CC1. The Morgan fingerprint density at radius 2 is 1.93 bits per heavy atom. The molecule has 28 heavy (non-hydrogen) atoms. The second kappa shape index (κ2) is 8.97. The number of piperidine rings is 1. The smallest absolute Gasteiger partial charge is 0.227 e. The number of carbonyl (C=O) groups is 2. The number of rotatable bonds is 5. The molecule has 0 unspecified atom stereocenters. The number of likely N-dealkylation sites (tertiary alicyclic amines) is 1. The lowest BCUT2D eigenvalue weighted by molar-refractivity contribution is -0.133. The van der Waals surface area contributed by atoms with Crippen LogP contribution >= 0.6 is 11.6 Å². The number of nitrogens with zero attached hydrogens (tertiary/aromatic N) is 1. The quantitative estimate of drug-likeness (QED) is 0.750. The maximum atomic E-state index is 12.7. The monoisotopic (exact) mass is 402 g/mol. The van der Waals surface area contributed by atoms with Crippen molar-refractivity contribution in [1.29, 1.82) is 0 Å². The third kappa shape index (κ3) is 4.75. The summed E-state index contributed by atoms with van der Waals surface area (Å²) in [4.78, 5) is 26.9. The number of nitrogens with one attached hydrogen (secondary N) is 1. The zero-order chi connectivity index (χ0) is 20.1. The summed E-state index contributed by atoms with van der Waals surface area (Å²) >= 11 is 6.03. The summed E-state index contributed by atoms with van der Waals surface area (Å²) in [7, 11) is 1.56. The largest absolute Gasteiger partial charge is 0.506 e. The Balaban J connectivity index is 1.55. The number of carbonyl (C=O) groups excluding carboxylic acids is 2. The summed E-state index contributed by atoms with van der Waals surface area (Å²) in [6, 6.07) is 11.9. The van der Waals surface area contributed by atoms with Gasteiger partial charge in [0, 0.05) is 29.6 Å². The van der Waals surface area contributed by atoms with Crippen LogP contribution in [0.5, 0.6) is 11.5 Å². The van der Waals surface area contributed by atoms with Crippen LogP contribution in [0.25, 0.3) is 0 Å². The molecule has 0 aliphatic carbocycles. The van der Waals surface area contributed by atoms with Gasteiger partial charge in [0.1, 0.15) is 11.5 Å². The number of para-hydroxylation sites is 2. The summed E-state index contributed by atoms with van der Waals surface area (Å²) in [5, 5.41) is 13.1. The van der Waals surface area contributed by atoms with Crippen molar-refractivity contribution in [3.05, 3.63) is 53.1 Å². The van der Waals surface area contributed by atoms with Crippen LogP contribution < -0.4 is 10.1 Å². The Morgan fingerprint density at radius 1 is 1.21 bits per heavy atom. The van der Waals surface area contributed by atoms with Gasteiger partial charge in [-0.15, -0.1) is 0 Å². The van der Waals surface area contributed by atoms with Crippen LogP contribution in [0.15, 0.2) is 42.5 Å². The van der Waals surface area contributed by atoms with Gasteiger partial charge in [0.2, 0.25) is 11.8 Å². The number of anilines is 1. The number of phenols is 1. The first-order chi connectivity index (χ1) is 13.5. The van der Waals surface area contributed by atoms with Crippen LogP contribution in [-0.2, 0) is 16.0 Å². The molecular weight excluding hydrogens is 380 g/mol. The Bertz CT molecular complexity index is 863. The maximum Gasteiger partial charge on any atom is 0.227 e. The van der Waals surface area contributed by atoms with Crippen LogP contribution in [0.2, 0.25) is 5.02 Å². The van der Waals surface area contributed by atoms with E-state index in [9.17, 15) is 14.7 Å². The van der Waals surface area contributed by atoms with Gasteiger partial charge in [0.05, 0.1) is 19.2 Å². The van der Waals surface area contributed by atoms with Crippen molar-refractivity contribution in [3.8, 4) is 11.5 Å². The molecule has 0 atom stereocenters. The molecule has 2 aromatic rings. The van der Waals surface area contributed by atoms with Gasteiger partial charge < -0.3 is 20.1 Å². The van der Waals surface area contributed by atoms with Gasteiger partial charge in [-0.1, -0.05) is 23.7 Å². The number of benzene rings is 2. The molecule has 1 heterocycles. The van der Waals surface area contributed by atoms with E-state index in [4.69, 9.17) is 16.3 Å². The van der Waals surface area contributed by atoms with E-state index in [1.54, 1.807) is 48.4 Å². The molecule has 6 nitrogen and oxygen atoms in total. The lowest BCUT2D eigenvalue weighted by Crippen LogP contribution is -2.42. The van der Waals surface area contributed by atoms with Gasteiger partial charge in [-0.2, -0.15) is 0 Å². The topological polar surface area (TPSA) is 78.9 Å². The molecule has 0 aromatic heterocycles. The first kappa shape index (κ1) is 20.0. The zero-order valence-electron chi connectivity index (χ0n) is 15.7. The third-order valence-electron chi connectivity index (χ3n) is 4.96. The molecule has 1 fully saturated rings. The first-order valence-electron chi connectivity index (χ1n) is 9.17. The molecule has 0 saturated carbocycles. The molecule has 2 N–H and O–H groups in total. The number of phenolic OH excluding ortho intramolecular Hbond substituents is 1. The highest BCUT2D eigenvalue weighted by atomic mass is 35.5. The van der Waals surface area contributed by atoms with E-state index < -0.39 is 0 Å². The van der Waals surface area contributed by atoms with E-state index in [1.807, 2.05) is 0 Å². The highest BCUT2D eigenvalue weighted by Crippen LogP contribution is 2.26. The van der Waals surface area contributed by atoms with E-state index in [2.05, 4.69) is 5.32 Å². The summed E-state index contributed by atoms with van der Waals surface area (Å²) in [5.74, 6) is 0.336. The number of amides is 2. The molecule has 1 saturated heterocycles. The van der Waals surface area contributed by atoms with Crippen LogP contribution in [-0.4, -0.2) is 42.0 Å². The first-order valence-corrected chi connectivity index (χ1v) is 9.54. The number of hydrogen-bond acceptors (Lipinski definition) is 4. The fraction of sp³-hybridized carbons (Fsp3) is 0.333. The van der Waals surface area contributed by atoms with Crippen molar-refractivity contribution in [2.24, 2.45) is 5.92 Å². The van der Waals surface area contributed by atoms with Gasteiger partial charge in [0.15, 0.2) is 0 Å². The molecule has 1 aliphatic heterocycles. The van der Waals surface area contributed by atoms with Gasteiger partial charge in [-0.3, -0.25) is 9.59 Å². The van der Waals surface area contributed by atoms with Crippen molar-refractivity contribution >= 4 is 29.1 Å². The minimum atomic E-state index is -0.190. The number of methoxy groups -OCH3 is 1. The van der Waals surface area contributed by atoms with E-state index in [0.29, 0.717) is 42.4 Å². The van der Waals surface area contributed by atoms with Crippen LogP contribution in [0.1, 0.15) is 18.4 Å². The van der Waals surface area contributed by atoms with Crippen molar-refractivity contribution in [2.45, 2.75) is 19.3 Å². The van der Waals surface area contributed by atoms with Gasteiger partial charge in [-0.05, 0) is 43.2 Å². The van der Waals surface area contributed by atoms with Gasteiger partial charge in [-0.25, -0.2) is 0 Å². The van der Waals surface area contributed by atoms with Crippen molar-refractivity contribution in [2.75, 3.05) is 25.5 Å². The summed E-state index contributed by atoms with van der Waals surface area (Å²) < 4.78 is 5.30. The highest BCUT2D eigenvalue weighted by Gasteiger charge is 2.28. The molecule has 148 valence electrons. The molecule has 7 heteroatoms. The minimum absolute atomic E-state index is 0.0138. The van der Waals surface area contributed by atoms with Crippen molar-refractivity contribution < 1.29 is 19.4 Å². The molecule has 3 rings (SSSR count). The fourth-order valence-corrected chi connectivity index (χ4v) is 3.56. The predicted octanol–water partition coefficient (Wildman–Crippen LogP) is 3.47. The minimum Gasteiger partial charge on any atom is -0.506 e. The molecule has 2 amide bonds.